The molecule has 7 nitrogen and oxygen atoms in total. The Morgan fingerprint density at radius 1 is 1.12 bits per heavy atom. The predicted octanol–water partition coefficient (Wildman–Crippen LogP) is 5.24. The third-order valence-corrected chi connectivity index (χ3v) is 7.32. The monoisotopic (exact) mass is 498 g/mol. The lowest BCUT2D eigenvalue weighted by molar-refractivity contribution is -0.129. The van der Waals surface area contributed by atoms with Gasteiger partial charge in [-0.3, -0.25) is 4.79 Å². The lowest BCUT2D eigenvalue weighted by Crippen LogP contribution is -2.32. The van der Waals surface area contributed by atoms with Crippen molar-refractivity contribution in [3.05, 3.63) is 53.1 Å². The van der Waals surface area contributed by atoms with Crippen molar-refractivity contribution in [1.29, 1.82) is 0 Å². The Hall–Kier alpha value is -2.71. The summed E-state index contributed by atoms with van der Waals surface area (Å²) < 4.78 is 13.5. The van der Waals surface area contributed by atoms with Crippen LogP contribution in [0.4, 0.5) is 0 Å². The number of benzene rings is 2. The van der Waals surface area contributed by atoms with E-state index in [9.17, 15) is 4.79 Å². The number of fused-ring (bicyclic) bond motifs is 1. The molecule has 0 N–H and O–H groups in total. The number of halogens is 1. The van der Waals surface area contributed by atoms with Gasteiger partial charge < -0.3 is 18.9 Å². The van der Waals surface area contributed by atoms with E-state index in [0.29, 0.717) is 24.0 Å². The van der Waals surface area contributed by atoms with Gasteiger partial charge in [0.05, 0.1) is 11.8 Å². The average molecular weight is 499 g/mol. The van der Waals surface area contributed by atoms with Crippen LogP contribution in [-0.2, 0) is 11.3 Å². The summed E-state index contributed by atoms with van der Waals surface area (Å²) >= 11 is 7.49. The quantitative estimate of drug-likeness (QED) is 0.415. The highest BCUT2D eigenvalue weighted by Gasteiger charge is 2.31. The lowest BCUT2D eigenvalue weighted by Gasteiger charge is -2.26. The van der Waals surface area contributed by atoms with Crippen LogP contribution in [0.25, 0.3) is 11.4 Å². The number of carbonyl (C=O) groups excluding carboxylic acids is 1. The molecule has 2 aliphatic heterocycles. The Kier molecular flexibility index (Phi) is 6.97. The molecule has 3 heterocycles. The fraction of sp³-hybridized carbons (Fsp3) is 0.400. The number of nitrogens with zero attached hydrogens (tertiary/aromatic N) is 4. The molecule has 0 aliphatic carbocycles. The molecule has 0 radical (unpaired) electrons. The molecule has 3 aromatic rings. The van der Waals surface area contributed by atoms with E-state index in [1.54, 1.807) is 0 Å². The van der Waals surface area contributed by atoms with Crippen LogP contribution >= 0.6 is 23.4 Å². The Morgan fingerprint density at radius 3 is 2.71 bits per heavy atom. The zero-order chi connectivity index (χ0) is 23.5. The van der Waals surface area contributed by atoms with Crippen molar-refractivity contribution in [2.45, 2.75) is 43.9 Å². The minimum atomic E-state index is 0.0575. The molecular formula is C25H27ClN4O3S. The van der Waals surface area contributed by atoms with Crippen LogP contribution in [0.2, 0.25) is 5.02 Å². The third-order valence-electron chi connectivity index (χ3n) is 6.12. The van der Waals surface area contributed by atoms with Crippen molar-refractivity contribution in [3.8, 4) is 22.9 Å². The summed E-state index contributed by atoms with van der Waals surface area (Å²) in [6.07, 6.45) is 2.88. The minimum absolute atomic E-state index is 0.0575. The fourth-order valence-corrected chi connectivity index (χ4v) is 5.50. The number of rotatable bonds is 7. The van der Waals surface area contributed by atoms with Crippen LogP contribution in [0.3, 0.4) is 0 Å². The molecule has 9 heteroatoms. The van der Waals surface area contributed by atoms with E-state index < -0.39 is 0 Å². The Morgan fingerprint density at radius 2 is 1.91 bits per heavy atom. The molecule has 0 saturated carbocycles. The first-order chi connectivity index (χ1) is 16.6. The van der Waals surface area contributed by atoms with Gasteiger partial charge in [0.2, 0.25) is 5.91 Å². The summed E-state index contributed by atoms with van der Waals surface area (Å²) in [6, 6.07) is 13.7. The highest BCUT2D eigenvalue weighted by Crippen LogP contribution is 2.38. The molecule has 0 bridgehead atoms. The topological polar surface area (TPSA) is 69.5 Å². The largest absolute Gasteiger partial charge is 0.486 e. The third kappa shape index (κ3) is 4.74. The van der Waals surface area contributed by atoms with Crippen molar-refractivity contribution >= 4 is 29.3 Å². The first-order valence-corrected chi connectivity index (χ1v) is 13.0. The molecule has 1 amide bonds. The Bertz CT molecular complexity index is 1170. The maximum absolute atomic E-state index is 13.3. The van der Waals surface area contributed by atoms with Gasteiger partial charge in [0.15, 0.2) is 22.5 Å². The van der Waals surface area contributed by atoms with Gasteiger partial charge in [-0.1, -0.05) is 36.4 Å². The first kappa shape index (κ1) is 23.1. The maximum Gasteiger partial charge on any atom is 0.233 e. The molecule has 1 aromatic heterocycles. The summed E-state index contributed by atoms with van der Waals surface area (Å²) in [4.78, 5) is 15.2. The van der Waals surface area contributed by atoms with Gasteiger partial charge in [0.1, 0.15) is 13.2 Å². The molecule has 1 atom stereocenters. The Balaban J connectivity index is 1.29. The molecule has 1 fully saturated rings. The number of likely N-dealkylation sites (tertiary alicyclic amines) is 1. The van der Waals surface area contributed by atoms with Gasteiger partial charge in [-0.2, -0.15) is 0 Å². The van der Waals surface area contributed by atoms with Crippen LogP contribution in [0.1, 0.15) is 37.8 Å². The second kappa shape index (κ2) is 10.3. The zero-order valence-electron chi connectivity index (χ0n) is 19.1. The van der Waals surface area contributed by atoms with Crippen molar-refractivity contribution in [3.63, 3.8) is 0 Å². The molecule has 5 rings (SSSR count). The van der Waals surface area contributed by atoms with Crippen LogP contribution in [-0.4, -0.2) is 51.1 Å². The number of hydrogen-bond acceptors (Lipinski definition) is 6. The van der Waals surface area contributed by atoms with Crippen LogP contribution < -0.4 is 9.47 Å². The maximum atomic E-state index is 13.3. The van der Waals surface area contributed by atoms with E-state index in [2.05, 4.69) is 21.7 Å². The van der Waals surface area contributed by atoms with E-state index in [1.807, 2.05) is 47.4 Å². The lowest BCUT2D eigenvalue weighted by atomic mass is 10.0. The van der Waals surface area contributed by atoms with Gasteiger partial charge in [-0.25, -0.2) is 0 Å². The molecule has 1 saturated heterocycles. The number of aromatic nitrogens is 3. The smallest absolute Gasteiger partial charge is 0.233 e. The Labute approximate surface area is 208 Å². The molecule has 178 valence electrons. The van der Waals surface area contributed by atoms with E-state index >= 15 is 0 Å². The number of thioether (sulfide) groups is 1. The zero-order valence-corrected chi connectivity index (χ0v) is 20.6. The van der Waals surface area contributed by atoms with Crippen LogP contribution in [0, 0.1) is 0 Å². The summed E-state index contributed by atoms with van der Waals surface area (Å²) in [6.45, 7) is 4.78. The molecule has 1 unspecified atom stereocenters. The number of amides is 1. The summed E-state index contributed by atoms with van der Waals surface area (Å²) in [5.74, 6) is 2.77. The molecule has 0 spiro atoms. The average Bonchev–Trinajstić information content (AvgIpc) is 3.51. The van der Waals surface area contributed by atoms with Crippen molar-refractivity contribution in [2.75, 3.05) is 25.5 Å². The molecule has 2 aliphatic rings. The summed E-state index contributed by atoms with van der Waals surface area (Å²) in [5.41, 5.74) is 2.06. The van der Waals surface area contributed by atoms with Gasteiger partial charge in [0, 0.05) is 23.7 Å². The first-order valence-electron chi connectivity index (χ1n) is 11.6. The van der Waals surface area contributed by atoms with Crippen molar-refractivity contribution in [2.24, 2.45) is 0 Å². The van der Waals surface area contributed by atoms with Gasteiger partial charge >= 0.3 is 0 Å². The normalized spacial score (nSPS) is 17.2. The number of carbonyl (C=O) groups is 1. The molecule has 2 aromatic carbocycles. The van der Waals surface area contributed by atoms with Gasteiger partial charge in [0.25, 0.3) is 0 Å². The van der Waals surface area contributed by atoms with E-state index in [-0.39, 0.29) is 11.9 Å². The molecule has 34 heavy (non-hydrogen) atoms. The highest BCUT2D eigenvalue weighted by atomic mass is 35.5. The van der Waals surface area contributed by atoms with Crippen molar-refractivity contribution in [1.82, 2.24) is 19.7 Å². The van der Waals surface area contributed by atoms with E-state index in [4.69, 9.17) is 21.1 Å². The standard InChI is InChI=1S/C25H27ClN4O3S/c1-2-11-30-24(17-5-8-19(26)9-6-17)27-28-25(30)34-16-23(31)29-12-3-4-20(29)18-7-10-21-22(15-18)33-14-13-32-21/h5-10,15,20H,2-4,11-14,16H2,1H3. The van der Waals surface area contributed by atoms with Crippen LogP contribution in [0.15, 0.2) is 47.6 Å². The second-order valence-corrected chi connectivity index (χ2v) is 9.78. The fourth-order valence-electron chi connectivity index (χ4n) is 4.52. The molecular weight excluding hydrogens is 472 g/mol. The highest BCUT2D eigenvalue weighted by molar-refractivity contribution is 7.99. The predicted molar refractivity (Wildman–Crippen MR) is 133 cm³/mol. The van der Waals surface area contributed by atoms with Gasteiger partial charge in [-0.15, -0.1) is 10.2 Å². The second-order valence-electron chi connectivity index (χ2n) is 8.40. The van der Waals surface area contributed by atoms with Crippen molar-refractivity contribution < 1.29 is 14.3 Å². The van der Waals surface area contributed by atoms with Crippen LogP contribution in [0.5, 0.6) is 11.5 Å². The summed E-state index contributed by atoms with van der Waals surface area (Å²) in [5, 5.41) is 10.3. The van der Waals surface area contributed by atoms with E-state index in [1.165, 1.54) is 11.8 Å². The minimum Gasteiger partial charge on any atom is -0.486 e. The van der Waals surface area contributed by atoms with Gasteiger partial charge in [-0.05, 0) is 61.2 Å². The summed E-state index contributed by atoms with van der Waals surface area (Å²) in [7, 11) is 0. The number of ether oxygens (including phenoxy) is 2. The van der Waals surface area contributed by atoms with E-state index in [0.717, 1.165) is 66.0 Å². The number of hydrogen-bond donors (Lipinski definition) is 0. The SMILES string of the molecule is CCCn1c(SCC(=O)N2CCCC2c2ccc3c(c2)OCCO3)nnc1-c1ccc(Cl)cc1.